The molecule has 12 heavy (non-hydrogen) atoms. The van der Waals surface area contributed by atoms with Gasteiger partial charge in [-0.05, 0) is 24.3 Å². The zero-order valence-corrected chi connectivity index (χ0v) is 7.26. The molecule has 1 aromatic rings. The third kappa shape index (κ3) is 2.52. The normalized spacial score (nSPS) is 12.2. The van der Waals surface area contributed by atoms with Crippen LogP contribution in [0.2, 0.25) is 0 Å². The van der Waals surface area contributed by atoms with Crippen LogP contribution < -0.4 is 9.46 Å². The van der Waals surface area contributed by atoms with Gasteiger partial charge in [-0.3, -0.25) is 4.21 Å². The first kappa shape index (κ1) is 9.02. The fourth-order valence-electron chi connectivity index (χ4n) is 0.755. The summed E-state index contributed by atoms with van der Waals surface area (Å²) in [5.41, 5.74) is 0.518. The zero-order chi connectivity index (χ0) is 8.97. The molecule has 0 aliphatic carbocycles. The molecule has 0 aromatic heterocycles. The Hall–Kier alpha value is -1.07. The average molecular weight is 186 g/mol. The summed E-state index contributed by atoms with van der Waals surface area (Å²) in [6, 6.07) is 6.59. The van der Waals surface area contributed by atoms with E-state index in [9.17, 15) is 8.76 Å². The van der Waals surface area contributed by atoms with Gasteiger partial charge in [0.1, 0.15) is 5.75 Å². The van der Waals surface area contributed by atoms with Crippen LogP contribution >= 0.6 is 0 Å². The smallest absolute Gasteiger partial charge is 0.119 e. The van der Waals surface area contributed by atoms with E-state index in [4.69, 9.17) is 4.74 Å². The predicted octanol–water partition coefficient (Wildman–Crippen LogP) is 0.901. The van der Waals surface area contributed by atoms with Gasteiger partial charge in [-0.15, -0.1) is 0 Å². The highest BCUT2D eigenvalue weighted by atomic mass is 32.2. The Kier molecular flexibility index (Phi) is 3.07. The van der Waals surface area contributed by atoms with E-state index in [2.05, 4.69) is 4.72 Å². The topological polar surface area (TPSA) is 61.4 Å². The van der Waals surface area contributed by atoms with Gasteiger partial charge in [0, 0.05) is 17.0 Å². The Morgan fingerprint density at radius 1 is 1.42 bits per heavy atom. The average Bonchev–Trinajstić information content (AvgIpc) is 2.05. The molecule has 0 aliphatic heterocycles. The molecule has 1 aromatic carbocycles. The number of hydrogen-bond acceptors (Lipinski definition) is 3. The summed E-state index contributed by atoms with van der Waals surface area (Å²) in [4.78, 5) is 0. The first-order chi connectivity index (χ1) is 5.72. The van der Waals surface area contributed by atoms with Crippen molar-refractivity contribution < 1.29 is 13.5 Å². The van der Waals surface area contributed by atoms with Crippen molar-refractivity contribution in [2.45, 2.75) is 0 Å². The van der Waals surface area contributed by atoms with Gasteiger partial charge in [-0.1, -0.05) is 0 Å². The quantitative estimate of drug-likeness (QED) is 0.713. The van der Waals surface area contributed by atoms with Crippen LogP contribution in [0.25, 0.3) is 0 Å². The van der Waals surface area contributed by atoms with Crippen molar-refractivity contribution in [1.29, 1.82) is 0 Å². The SMILES string of the molecule is COc1ccc(NS(=O)[O-])cc1. The number of ether oxygens (including phenoxy) is 1. The van der Waals surface area contributed by atoms with Crippen LogP contribution in [-0.2, 0) is 11.3 Å². The maximum absolute atomic E-state index is 10.2. The first-order valence-electron chi connectivity index (χ1n) is 3.22. The van der Waals surface area contributed by atoms with Crippen LogP contribution in [0, 0.1) is 0 Å². The summed E-state index contributed by atoms with van der Waals surface area (Å²) in [5.74, 6) is 0.692. The largest absolute Gasteiger partial charge is 0.755 e. The van der Waals surface area contributed by atoms with Gasteiger partial charge in [-0.2, -0.15) is 0 Å². The Morgan fingerprint density at radius 2 is 2.00 bits per heavy atom. The van der Waals surface area contributed by atoms with E-state index in [1.165, 1.54) is 0 Å². The number of methoxy groups -OCH3 is 1. The minimum Gasteiger partial charge on any atom is -0.755 e. The minimum atomic E-state index is -2.27. The van der Waals surface area contributed by atoms with Gasteiger partial charge in [0.05, 0.1) is 7.11 Å². The lowest BCUT2D eigenvalue weighted by Gasteiger charge is -2.08. The number of hydrogen-bond donors (Lipinski definition) is 1. The van der Waals surface area contributed by atoms with E-state index in [1.54, 1.807) is 31.4 Å². The lowest BCUT2D eigenvalue weighted by Crippen LogP contribution is -2.01. The summed E-state index contributed by atoms with van der Waals surface area (Å²) < 4.78 is 27.5. The van der Waals surface area contributed by atoms with Gasteiger partial charge >= 0.3 is 0 Å². The van der Waals surface area contributed by atoms with Crippen LogP contribution in [0.1, 0.15) is 0 Å². The first-order valence-corrected chi connectivity index (χ1v) is 4.30. The third-order valence-corrected chi connectivity index (χ3v) is 1.69. The lowest BCUT2D eigenvalue weighted by molar-refractivity contribution is 0.415. The molecule has 0 fully saturated rings. The van der Waals surface area contributed by atoms with Crippen LogP contribution in [0.4, 0.5) is 5.69 Å². The second-order valence-corrected chi connectivity index (χ2v) is 2.74. The second kappa shape index (κ2) is 4.08. The Bertz CT molecular complexity index is 272. The van der Waals surface area contributed by atoms with Crippen LogP contribution in [0.3, 0.4) is 0 Å². The molecule has 0 amide bonds. The standard InChI is InChI=1S/C7H9NO3S/c1-11-7-4-2-6(3-5-7)8-12(9)10/h2-5,8H,1H3,(H,9,10)/p-1. The summed E-state index contributed by atoms with van der Waals surface area (Å²) in [7, 11) is 1.55. The number of anilines is 1. The van der Waals surface area contributed by atoms with Gasteiger partial charge in [0.2, 0.25) is 0 Å². The second-order valence-electron chi connectivity index (χ2n) is 2.07. The van der Waals surface area contributed by atoms with Gasteiger partial charge in [0.15, 0.2) is 0 Å². The van der Waals surface area contributed by atoms with Crippen LogP contribution in [0.5, 0.6) is 5.75 Å². The fraction of sp³-hybridized carbons (Fsp3) is 0.143. The van der Waals surface area contributed by atoms with Gasteiger partial charge in [0.25, 0.3) is 0 Å². The fourth-order valence-corrected chi connectivity index (χ4v) is 1.08. The highest BCUT2D eigenvalue weighted by Gasteiger charge is 1.91. The maximum atomic E-state index is 10.2. The van der Waals surface area contributed by atoms with E-state index in [0.717, 1.165) is 0 Å². The van der Waals surface area contributed by atoms with E-state index >= 15 is 0 Å². The van der Waals surface area contributed by atoms with Crippen molar-refractivity contribution in [2.75, 3.05) is 11.8 Å². The highest BCUT2D eigenvalue weighted by Crippen LogP contribution is 2.14. The molecule has 1 unspecified atom stereocenters. The van der Waals surface area contributed by atoms with Crippen LogP contribution in [0.15, 0.2) is 24.3 Å². The molecule has 5 heteroatoms. The lowest BCUT2D eigenvalue weighted by atomic mass is 10.3. The predicted molar refractivity (Wildman–Crippen MR) is 45.5 cm³/mol. The van der Waals surface area contributed by atoms with Crippen molar-refractivity contribution in [3.8, 4) is 5.75 Å². The third-order valence-electron chi connectivity index (χ3n) is 1.29. The molecular formula is C7H8NO3S-. The Morgan fingerprint density at radius 3 is 2.42 bits per heavy atom. The molecule has 1 rings (SSSR count). The van der Waals surface area contributed by atoms with Gasteiger partial charge < -0.3 is 14.0 Å². The van der Waals surface area contributed by atoms with E-state index in [1.807, 2.05) is 0 Å². The van der Waals surface area contributed by atoms with E-state index < -0.39 is 11.3 Å². The molecule has 0 saturated heterocycles. The molecule has 0 heterocycles. The molecular weight excluding hydrogens is 178 g/mol. The molecule has 1 atom stereocenters. The Labute approximate surface area is 73.0 Å². The summed E-state index contributed by atoms with van der Waals surface area (Å²) in [6.07, 6.45) is 0. The minimum absolute atomic E-state index is 0.518. The summed E-state index contributed by atoms with van der Waals surface area (Å²) in [6.45, 7) is 0. The van der Waals surface area contributed by atoms with Gasteiger partial charge in [-0.25, -0.2) is 0 Å². The number of nitrogens with one attached hydrogen (secondary N) is 1. The van der Waals surface area contributed by atoms with Crippen molar-refractivity contribution >= 4 is 17.0 Å². The molecule has 0 radical (unpaired) electrons. The molecule has 1 N–H and O–H groups in total. The molecule has 66 valence electrons. The van der Waals surface area contributed by atoms with Crippen molar-refractivity contribution in [1.82, 2.24) is 0 Å². The maximum Gasteiger partial charge on any atom is 0.119 e. The van der Waals surface area contributed by atoms with Crippen molar-refractivity contribution in [3.05, 3.63) is 24.3 Å². The van der Waals surface area contributed by atoms with Crippen LogP contribution in [-0.4, -0.2) is 15.9 Å². The Balaban J connectivity index is 2.71. The van der Waals surface area contributed by atoms with Crippen molar-refractivity contribution in [2.24, 2.45) is 0 Å². The highest BCUT2D eigenvalue weighted by molar-refractivity contribution is 7.80. The molecule has 4 nitrogen and oxygen atoms in total. The molecule has 0 saturated carbocycles. The van der Waals surface area contributed by atoms with Crippen molar-refractivity contribution in [3.63, 3.8) is 0 Å². The summed E-state index contributed by atoms with van der Waals surface area (Å²) >= 11 is -2.27. The van der Waals surface area contributed by atoms with E-state index in [-0.39, 0.29) is 0 Å². The molecule has 0 bridgehead atoms. The molecule has 0 spiro atoms. The van der Waals surface area contributed by atoms with E-state index in [0.29, 0.717) is 11.4 Å². The molecule has 0 aliphatic rings. The summed E-state index contributed by atoms with van der Waals surface area (Å²) in [5, 5.41) is 0. The monoisotopic (exact) mass is 186 g/mol. The number of benzene rings is 1. The number of rotatable bonds is 3. The zero-order valence-electron chi connectivity index (χ0n) is 6.44.